The summed E-state index contributed by atoms with van der Waals surface area (Å²) < 4.78 is 0. The Morgan fingerprint density at radius 1 is 0.459 bits per heavy atom. The van der Waals surface area contributed by atoms with Crippen LogP contribution in [0.25, 0.3) is 0 Å². The maximum Gasteiger partial charge on any atom is 0.128 e. The molecule has 1 heterocycles. The van der Waals surface area contributed by atoms with Crippen LogP contribution in [0.4, 0.5) is 0 Å². The van der Waals surface area contributed by atoms with Crippen LogP contribution < -0.4 is 10.6 Å². The molecule has 1 aliphatic heterocycles. The van der Waals surface area contributed by atoms with Gasteiger partial charge in [-0.1, -0.05) is 42.2 Å². The standard InChI is InChI=1S/C51H42N4O4S2/c1-5-8-11-14-17-20-23-26-33-45(57)41-54(40-44(4)56)38-31-29-36-48-50(60)53-49(51(61)52-48)37-30-32-39-55(42-46(58)34-27-24-21-18-15-12-9-6-2)43-47(59)35-28-25-22-19-16-13-10-7-3/h1-3,44-49,56-59H,29-32,36-43H2,4H3,(H,52,61)(H,53,60). The first-order chi connectivity index (χ1) is 29.6. The average Bonchev–Trinajstić information content (AvgIpc) is 3.22. The monoisotopic (exact) mass is 838 g/mol. The SMILES string of the molecule is C#CC#CC#CC#CC#CC(O)CN(CCCCC1NC(=S)C(CCCCN(CC(O)C#CC#CC#CC#CC#C)CC(O)C#CC#CC#CC#CC#C)NC1=S)CC(C)O. The summed E-state index contributed by atoms with van der Waals surface area (Å²) in [7, 11) is 0. The van der Waals surface area contributed by atoms with E-state index in [1.807, 2.05) is 9.80 Å². The molecule has 6 atom stereocenters. The minimum atomic E-state index is -1.06. The van der Waals surface area contributed by atoms with Crippen molar-refractivity contribution < 1.29 is 20.4 Å². The zero-order valence-electron chi connectivity index (χ0n) is 33.7. The van der Waals surface area contributed by atoms with Crippen molar-refractivity contribution in [1.82, 2.24) is 20.4 Å². The van der Waals surface area contributed by atoms with Crippen molar-refractivity contribution in [3.05, 3.63) is 0 Å². The van der Waals surface area contributed by atoms with Crippen LogP contribution in [-0.2, 0) is 0 Å². The topological polar surface area (TPSA) is 111 Å². The lowest BCUT2D eigenvalue weighted by atomic mass is 10.0. The number of piperazine rings is 1. The van der Waals surface area contributed by atoms with Crippen LogP contribution in [0.3, 0.4) is 0 Å². The van der Waals surface area contributed by atoms with Gasteiger partial charge in [-0.2, -0.15) is 0 Å². The summed E-state index contributed by atoms with van der Waals surface area (Å²) in [6.07, 6.45) is 16.0. The van der Waals surface area contributed by atoms with E-state index in [9.17, 15) is 20.4 Å². The van der Waals surface area contributed by atoms with Gasteiger partial charge in [0.1, 0.15) is 18.3 Å². The molecule has 0 amide bonds. The predicted octanol–water partition coefficient (Wildman–Crippen LogP) is -0.0803. The van der Waals surface area contributed by atoms with Crippen LogP contribution in [0, 0.1) is 179 Å². The van der Waals surface area contributed by atoms with Crippen LogP contribution in [0.5, 0.6) is 0 Å². The smallest absolute Gasteiger partial charge is 0.128 e. The fraction of sp³-hybridized carbons (Fsp3) is 0.373. The van der Waals surface area contributed by atoms with E-state index in [0.717, 1.165) is 25.7 Å². The Labute approximate surface area is 373 Å². The van der Waals surface area contributed by atoms with Gasteiger partial charge < -0.3 is 31.1 Å². The van der Waals surface area contributed by atoms with Crippen molar-refractivity contribution in [2.24, 2.45) is 0 Å². The molecule has 0 aromatic carbocycles. The van der Waals surface area contributed by atoms with Crippen LogP contribution in [0.15, 0.2) is 0 Å². The Kier molecular flexibility index (Phi) is 29.8. The Hall–Kier alpha value is -7.06. The van der Waals surface area contributed by atoms with Gasteiger partial charge in [-0.3, -0.25) is 9.80 Å². The normalized spacial score (nSPS) is 14.2. The number of aliphatic hydroxyl groups excluding tert-OH is 4. The molecule has 0 aliphatic carbocycles. The van der Waals surface area contributed by atoms with Gasteiger partial charge in [-0.05, 0) is 201 Å². The first-order valence-corrected chi connectivity index (χ1v) is 19.6. The first kappa shape index (κ1) is 52.0. The number of rotatable bonds is 18. The van der Waals surface area contributed by atoms with E-state index < -0.39 is 24.4 Å². The number of terminal acetylenes is 3. The number of unbranched alkanes of at least 4 members (excludes halogenated alkanes) is 2. The highest BCUT2D eigenvalue weighted by molar-refractivity contribution is 7.81. The molecule has 6 N–H and O–H groups in total. The molecule has 0 radical (unpaired) electrons. The van der Waals surface area contributed by atoms with Gasteiger partial charge in [0, 0.05) is 26.2 Å². The number of nitrogens with one attached hydrogen (secondary N) is 2. The van der Waals surface area contributed by atoms with E-state index in [1.165, 1.54) is 0 Å². The Balaban J connectivity index is 2.73. The lowest BCUT2D eigenvalue weighted by molar-refractivity contribution is 0.0946. The van der Waals surface area contributed by atoms with Crippen molar-refractivity contribution in [1.29, 1.82) is 0 Å². The molecule has 61 heavy (non-hydrogen) atoms. The molecular formula is C51H42N4O4S2. The van der Waals surface area contributed by atoms with Crippen molar-refractivity contribution in [2.75, 3.05) is 39.3 Å². The van der Waals surface area contributed by atoms with E-state index in [-0.39, 0.29) is 31.7 Å². The summed E-state index contributed by atoms with van der Waals surface area (Å²) in [6, 6.07) is -0.250. The van der Waals surface area contributed by atoms with Crippen molar-refractivity contribution in [3.63, 3.8) is 0 Å². The Bertz CT molecular complexity index is 2380. The zero-order valence-corrected chi connectivity index (χ0v) is 35.3. The molecule has 0 spiro atoms. The lowest BCUT2D eigenvalue weighted by Crippen LogP contribution is -2.60. The van der Waals surface area contributed by atoms with Gasteiger partial charge >= 0.3 is 0 Å². The molecular weight excluding hydrogens is 797 g/mol. The highest BCUT2D eigenvalue weighted by atomic mass is 32.1. The molecule has 1 rings (SSSR count). The van der Waals surface area contributed by atoms with Gasteiger partial charge in [-0.15, -0.1) is 19.3 Å². The minimum Gasteiger partial charge on any atom is -0.392 e. The third-order valence-electron chi connectivity index (χ3n) is 7.57. The number of thiocarbonyl (C=S) groups is 2. The minimum absolute atomic E-state index is 0.113. The third kappa shape index (κ3) is 28.9. The molecule has 1 saturated heterocycles. The highest BCUT2D eigenvalue weighted by Gasteiger charge is 2.28. The number of hydrogen-bond acceptors (Lipinski definition) is 8. The summed E-state index contributed by atoms with van der Waals surface area (Å²) in [5.41, 5.74) is 0. The molecule has 0 saturated carbocycles. The molecule has 0 aromatic heterocycles. The van der Waals surface area contributed by atoms with Crippen LogP contribution >= 0.6 is 24.4 Å². The van der Waals surface area contributed by atoms with Gasteiger partial charge in [0.05, 0.1) is 28.2 Å². The summed E-state index contributed by atoms with van der Waals surface area (Å²) in [5, 5.41) is 48.4. The van der Waals surface area contributed by atoms with Crippen LogP contribution in [0.1, 0.15) is 45.4 Å². The van der Waals surface area contributed by atoms with E-state index in [0.29, 0.717) is 42.5 Å². The second-order valence-electron chi connectivity index (χ2n) is 12.5. The van der Waals surface area contributed by atoms with E-state index in [4.69, 9.17) is 43.7 Å². The molecule has 1 fully saturated rings. The van der Waals surface area contributed by atoms with E-state index in [1.54, 1.807) is 6.92 Å². The maximum atomic E-state index is 10.6. The molecule has 8 nitrogen and oxygen atoms in total. The number of aliphatic hydroxyl groups is 4. The third-order valence-corrected chi connectivity index (χ3v) is 8.38. The van der Waals surface area contributed by atoms with Gasteiger partial charge in [0.2, 0.25) is 0 Å². The predicted molar refractivity (Wildman–Crippen MR) is 249 cm³/mol. The second-order valence-corrected chi connectivity index (χ2v) is 13.4. The molecule has 0 bridgehead atoms. The first-order valence-electron chi connectivity index (χ1n) is 18.8. The summed E-state index contributed by atoms with van der Waals surface area (Å²) in [5.74, 6) is 66.6. The van der Waals surface area contributed by atoms with E-state index >= 15 is 0 Å². The molecule has 302 valence electrons. The average molecular weight is 839 g/mol. The fourth-order valence-corrected chi connectivity index (χ4v) is 5.78. The Morgan fingerprint density at radius 3 is 1.03 bits per heavy atom. The largest absolute Gasteiger partial charge is 0.392 e. The van der Waals surface area contributed by atoms with Gasteiger partial charge in [-0.25, -0.2) is 0 Å². The zero-order chi connectivity index (χ0) is 44.8. The van der Waals surface area contributed by atoms with Gasteiger partial charge in [0.25, 0.3) is 0 Å². The quantitative estimate of drug-likeness (QED) is 0.0638. The molecule has 0 aromatic rings. The second kappa shape index (κ2) is 34.9. The molecule has 10 heteroatoms. The Morgan fingerprint density at radius 2 is 0.738 bits per heavy atom. The number of nitrogens with zero attached hydrogens (tertiary/aromatic N) is 2. The number of hydrogen-bond donors (Lipinski definition) is 6. The van der Waals surface area contributed by atoms with E-state index in [2.05, 4.69) is 170 Å². The molecule has 1 aliphatic rings. The van der Waals surface area contributed by atoms with Crippen molar-refractivity contribution >= 4 is 34.4 Å². The molecule has 6 unspecified atom stereocenters. The van der Waals surface area contributed by atoms with Crippen molar-refractivity contribution in [2.45, 2.75) is 81.9 Å². The summed E-state index contributed by atoms with van der Waals surface area (Å²) in [4.78, 5) is 5.19. The fourth-order valence-electron chi connectivity index (χ4n) is 5.14. The summed E-state index contributed by atoms with van der Waals surface area (Å²) >= 11 is 11.4. The van der Waals surface area contributed by atoms with Crippen LogP contribution in [0.2, 0.25) is 0 Å². The highest BCUT2D eigenvalue weighted by Crippen LogP contribution is 2.13. The summed E-state index contributed by atoms with van der Waals surface area (Å²) in [6.45, 7) is 3.75. The lowest BCUT2D eigenvalue weighted by Gasteiger charge is -2.34. The maximum absolute atomic E-state index is 10.6. The van der Waals surface area contributed by atoms with Crippen molar-refractivity contribution in [3.8, 4) is 179 Å². The van der Waals surface area contributed by atoms with Crippen LogP contribution in [-0.4, -0.2) is 116 Å². The van der Waals surface area contributed by atoms with Gasteiger partial charge in [0.15, 0.2) is 0 Å².